The third-order valence-corrected chi connectivity index (χ3v) is 2.21. The minimum atomic E-state index is -0.433. The summed E-state index contributed by atoms with van der Waals surface area (Å²) in [5.41, 5.74) is 6.03. The number of nitrogens with zero attached hydrogens (tertiary/aromatic N) is 3. The Morgan fingerprint density at radius 2 is 2.44 bits per heavy atom. The molecule has 0 aliphatic rings. The van der Waals surface area contributed by atoms with Crippen molar-refractivity contribution >= 4 is 17.9 Å². The van der Waals surface area contributed by atoms with Crippen LogP contribution in [0.2, 0.25) is 0 Å². The normalized spacial score (nSPS) is 10.6. The van der Waals surface area contributed by atoms with Crippen molar-refractivity contribution in [2.24, 2.45) is 5.16 Å². The lowest BCUT2D eigenvalue weighted by atomic mass is 10.2. The van der Waals surface area contributed by atoms with Crippen LogP contribution in [0.25, 0.3) is 0 Å². The highest BCUT2D eigenvalue weighted by molar-refractivity contribution is 5.86. The predicted octanol–water partition coefficient (Wildman–Crippen LogP) is -0.906. The molecule has 8 heteroatoms. The zero-order chi connectivity index (χ0) is 13.5. The van der Waals surface area contributed by atoms with Crippen molar-refractivity contribution in [2.75, 3.05) is 12.8 Å². The fourth-order valence-electron chi connectivity index (χ4n) is 1.34. The second kappa shape index (κ2) is 6.38. The molecular formula is C10H15N5O3. The van der Waals surface area contributed by atoms with Crippen molar-refractivity contribution < 1.29 is 9.63 Å². The zero-order valence-corrected chi connectivity index (χ0v) is 10.2. The Balaban J connectivity index is 2.83. The van der Waals surface area contributed by atoms with Gasteiger partial charge in [-0.25, -0.2) is 4.68 Å². The summed E-state index contributed by atoms with van der Waals surface area (Å²) in [4.78, 5) is 27.7. The van der Waals surface area contributed by atoms with E-state index >= 15 is 0 Å². The number of nitrogens with one attached hydrogen (secondary N) is 1. The van der Waals surface area contributed by atoms with Crippen LogP contribution in [-0.2, 0) is 22.6 Å². The smallest absolute Gasteiger partial charge is 0.272 e. The molecule has 0 radical (unpaired) electrons. The third-order valence-electron chi connectivity index (χ3n) is 2.21. The molecule has 8 nitrogen and oxygen atoms in total. The number of nitrogens with two attached hydrogens (primary N) is 1. The summed E-state index contributed by atoms with van der Waals surface area (Å²) in [7, 11) is 1.35. The van der Waals surface area contributed by atoms with Gasteiger partial charge in [-0.2, -0.15) is 5.10 Å². The molecule has 1 rings (SSSR count). The van der Waals surface area contributed by atoms with Crippen LogP contribution in [0.1, 0.15) is 12.5 Å². The van der Waals surface area contributed by atoms with Gasteiger partial charge in [0.05, 0.1) is 11.9 Å². The van der Waals surface area contributed by atoms with Crippen LogP contribution in [0.5, 0.6) is 0 Å². The monoisotopic (exact) mass is 253 g/mol. The largest absolute Gasteiger partial charge is 0.398 e. The van der Waals surface area contributed by atoms with Crippen LogP contribution < -0.4 is 16.6 Å². The second-order valence-electron chi connectivity index (χ2n) is 3.38. The number of hydrogen-bond acceptors (Lipinski definition) is 6. The van der Waals surface area contributed by atoms with Crippen LogP contribution in [0.15, 0.2) is 16.1 Å². The van der Waals surface area contributed by atoms with Crippen molar-refractivity contribution in [3.8, 4) is 0 Å². The summed E-state index contributed by atoms with van der Waals surface area (Å²) in [6, 6.07) is 0. The lowest BCUT2D eigenvalue weighted by Crippen LogP contribution is -2.34. The van der Waals surface area contributed by atoms with Crippen LogP contribution in [0.3, 0.4) is 0 Å². The van der Waals surface area contributed by atoms with E-state index in [1.165, 1.54) is 13.3 Å². The van der Waals surface area contributed by atoms with Gasteiger partial charge in [0.15, 0.2) is 0 Å². The second-order valence-corrected chi connectivity index (χ2v) is 3.38. The predicted molar refractivity (Wildman–Crippen MR) is 65.9 cm³/mol. The average molecular weight is 253 g/mol. The number of nitrogen functional groups attached to an aromatic ring is 1. The molecule has 0 saturated heterocycles. The maximum Gasteiger partial charge on any atom is 0.272 e. The minimum absolute atomic E-state index is 0.207. The zero-order valence-electron chi connectivity index (χ0n) is 10.2. The van der Waals surface area contributed by atoms with E-state index in [4.69, 9.17) is 5.73 Å². The van der Waals surface area contributed by atoms with E-state index in [9.17, 15) is 9.59 Å². The summed E-state index contributed by atoms with van der Waals surface area (Å²) >= 11 is 0. The number of carbonyl (C=O) groups excluding carboxylic acids is 1. The highest BCUT2D eigenvalue weighted by atomic mass is 16.6. The molecule has 0 aromatic carbocycles. The molecule has 18 heavy (non-hydrogen) atoms. The Labute approximate surface area is 103 Å². The maximum absolute atomic E-state index is 11.9. The summed E-state index contributed by atoms with van der Waals surface area (Å²) in [6.45, 7) is 1.60. The lowest BCUT2D eigenvalue weighted by Gasteiger charge is -2.07. The van der Waals surface area contributed by atoms with E-state index < -0.39 is 5.91 Å². The van der Waals surface area contributed by atoms with E-state index in [2.05, 4.69) is 20.4 Å². The number of carbonyl (C=O) groups is 1. The minimum Gasteiger partial charge on any atom is -0.398 e. The van der Waals surface area contributed by atoms with E-state index in [-0.39, 0.29) is 12.1 Å². The fraction of sp³-hybridized carbons (Fsp3) is 0.400. The van der Waals surface area contributed by atoms with Crippen molar-refractivity contribution in [1.82, 2.24) is 15.1 Å². The highest BCUT2D eigenvalue weighted by Crippen LogP contribution is 2.03. The highest BCUT2D eigenvalue weighted by Gasteiger charge is 2.09. The van der Waals surface area contributed by atoms with Gasteiger partial charge < -0.3 is 15.9 Å². The molecule has 3 N–H and O–H groups in total. The van der Waals surface area contributed by atoms with Gasteiger partial charge in [0, 0.05) is 5.56 Å². The van der Waals surface area contributed by atoms with Gasteiger partial charge in [-0.15, -0.1) is 0 Å². The summed E-state index contributed by atoms with van der Waals surface area (Å²) in [5, 5.41) is 9.46. The molecule has 0 saturated carbocycles. The van der Waals surface area contributed by atoms with E-state index in [1.807, 2.05) is 6.92 Å². The van der Waals surface area contributed by atoms with E-state index in [1.54, 1.807) is 0 Å². The third kappa shape index (κ3) is 3.30. The first-order chi connectivity index (χ1) is 8.60. The molecule has 98 valence electrons. The Morgan fingerprint density at radius 3 is 3.06 bits per heavy atom. The molecule has 0 bridgehead atoms. The fourth-order valence-corrected chi connectivity index (χ4v) is 1.34. The summed E-state index contributed by atoms with van der Waals surface area (Å²) < 4.78 is 1.05. The van der Waals surface area contributed by atoms with Gasteiger partial charge in [0.2, 0.25) is 5.91 Å². The van der Waals surface area contributed by atoms with Crippen molar-refractivity contribution in [3.05, 3.63) is 22.1 Å². The van der Waals surface area contributed by atoms with Crippen molar-refractivity contribution in [3.63, 3.8) is 0 Å². The molecular weight excluding hydrogens is 238 g/mol. The molecule has 0 spiro atoms. The number of aromatic nitrogens is 2. The number of amides is 1. The molecule has 0 unspecified atom stereocenters. The standard InChI is InChI=1S/C10H15N5O3/c1-3-7-8(11)4-13-15(10(7)17)5-9(16)12-6-14-18-2/h4,6H,3,5,11H2,1-2H3,(H,12,14,16). The molecule has 1 amide bonds. The van der Waals surface area contributed by atoms with Crippen LogP contribution >= 0.6 is 0 Å². The van der Waals surface area contributed by atoms with Crippen LogP contribution in [0, 0.1) is 0 Å². The van der Waals surface area contributed by atoms with Crippen molar-refractivity contribution in [2.45, 2.75) is 19.9 Å². The number of hydrogen-bond donors (Lipinski definition) is 2. The molecule has 0 aliphatic carbocycles. The summed E-state index contributed by atoms with van der Waals surface area (Å²) in [6.07, 6.45) is 2.93. The molecule has 1 aromatic heterocycles. The van der Waals surface area contributed by atoms with Gasteiger partial charge in [0.25, 0.3) is 5.56 Å². The number of anilines is 1. The Kier molecular flexibility index (Phi) is 4.85. The molecule has 1 aromatic rings. The van der Waals surface area contributed by atoms with E-state index in [0.717, 1.165) is 11.0 Å². The quantitative estimate of drug-likeness (QED) is 0.401. The van der Waals surface area contributed by atoms with Crippen LogP contribution in [-0.4, -0.2) is 29.1 Å². The van der Waals surface area contributed by atoms with Crippen molar-refractivity contribution in [1.29, 1.82) is 0 Å². The number of rotatable bonds is 5. The summed E-state index contributed by atoms with van der Waals surface area (Å²) in [5.74, 6) is -0.433. The molecule has 1 heterocycles. The first-order valence-electron chi connectivity index (χ1n) is 5.29. The first-order valence-corrected chi connectivity index (χ1v) is 5.29. The lowest BCUT2D eigenvalue weighted by molar-refractivity contribution is -0.120. The maximum atomic E-state index is 11.9. The van der Waals surface area contributed by atoms with Gasteiger partial charge in [-0.05, 0) is 6.42 Å². The molecule has 0 fully saturated rings. The first kappa shape index (κ1) is 13.7. The van der Waals surface area contributed by atoms with Crippen LogP contribution in [0.4, 0.5) is 5.69 Å². The van der Waals surface area contributed by atoms with Gasteiger partial charge in [-0.1, -0.05) is 12.1 Å². The Bertz CT molecular complexity index is 509. The van der Waals surface area contributed by atoms with Gasteiger partial charge in [0.1, 0.15) is 20.0 Å². The topological polar surface area (TPSA) is 112 Å². The van der Waals surface area contributed by atoms with E-state index in [0.29, 0.717) is 17.7 Å². The Hall–Kier alpha value is -2.38. The van der Waals surface area contributed by atoms with Gasteiger partial charge in [-0.3, -0.25) is 9.59 Å². The SMILES string of the molecule is CCc1c(N)cnn(CC(=O)N/C=N\OC)c1=O. The number of oxime groups is 1. The van der Waals surface area contributed by atoms with Gasteiger partial charge >= 0.3 is 0 Å². The average Bonchev–Trinajstić information content (AvgIpc) is 2.34. The Morgan fingerprint density at radius 1 is 1.72 bits per heavy atom. The molecule has 0 aliphatic heterocycles. The molecule has 0 atom stereocenters.